The monoisotopic (exact) mass is 290 g/mol. The number of nitrogens with one attached hydrogen (secondary N) is 1. The van der Waals surface area contributed by atoms with Crippen molar-refractivity contribution >= 4 is 29.0 Å². The molecule has 2 aromatic rings. The van der Waals surface area contributed by atoms with Crippen molar-refractivity contribution in [3.63, 3.8) is 0 Å². The van der Waals surface area contributed by atoms with Gasteiger partial charge in [-0.3, -0.25) is 4.98 Å². The van der Waals surface area contributed by atoms with Crippen LogP contribution in [0.25, 0.3) is 10.9 Å². The van der Waals surface area contributed by atoms with Gasteiger partial charge in [-0.1, -0.05) is 32.0 Å². The molecule has 1 aliphatic carbocycles. The molecule has 0 spiro atoms. The van der Waals surface area contributed by atoms with E-state index in [9.17, 15) is 0 Å². The minimum atomic E-state index is 0. The molecule has 108 valence electrons. The van der Waals surface area contributed by atoms with Crippen LogP contribution in [0.5, 0.6) is 0 Å². The molecule has 1 N–H and O–H groups in total. The zero-order chi connectivity index (χ0) is 13.2. The number of nitrogens with zero attached hydrogens (tertiary/aromatic N) is 1. The van der Waals surface area contributed by atoms with Gasteiger partial charge in [0.2, 0.25) is 0 Å². The first-order valence-corrected chi connectivity index (χ1v) is 7.40. The Morgan fingerprint density at radius 2 is 1.90 bits per heavy atom. The highest BCUT2D eigenvalue weighted by molar-refractivity contribution is 5.93. The van der Waals surface area contributed by atoms with E-state index in [0.717, 1.165) is 18.5 Å². The van der Waals surface area contributed by atoms with Crippen LogP contribution in [-0.4, -0.2) is 11.5 Å². The smallest absolute Gasteiger partial charge is 0.0726 e. The van der Waals surface area contributed by atoms with E-state index >= 15 is 0 Å². The van der Waals surface area contributed by atoms with Crippen molar-refractivity contribution in [1.29, 1.82) is 0 Å². The molecule has 1 aromatic heterocycles. The second-order valence-corrected chi connectivity index (χ2v) is 5.91. The van der Waals surface area contributed by atoms with Crippen molar-refractivity contribution in [1.82, 2.24) is 4.98 Å². The number of aromatic nitrogens is 1. The highest BCUT2D eigenvalue weighted by atomic mass is 35.5. The fraction of sp³-hybridized carbons (Fsp3) is 0.471. The number of benzene rings is 1. The van der Waals surface area contributed by atoms with Gasteiger partial charge >= 0.3 is 0 Å². The van der Waals surface area contributed by atoms with Gasteiger partial charge in [-0.15, -0.1) is 12.4 Å². The van der Waals surface area contributed by atoms with E-state index in [-0.39, 0.29) is 12.4 Å². The van der Waals surface area contributed by atoms with Gasteiger partial charge in [-0.25, -0.2) is 0 Å². The first kappa shape index (κ1) is 15.1. The average molecular weight is 291 g/mol. The number of pyridine rings is 1. The van der Waals surface area contributed by atoms with Crippen LogP contribution in [0.2, 0.25) is 0 Å². The summed E-state index contributed by atoms with van der Waals surface area (Å²) in [5.74, 6) is 0.658. The lowest BCUT2D eigenvalue weighted by Crippen LogP contribution is -2.14. The van der Waals surface area contributed by atoms with Crippen LogP contribution in [0.4, 0.5) is 5.69 Å². The van der Waals surface area contributed by atoms with Crippen LogP contribution in [-0.2, 0) is 12.8 Å². The minimum Gasteiger partial charge on any atom is -0.384 e. The minimum absolute atomic E-state index is 0. The number of fused-ring (bicyclic) bond motifs is 2. The third-order valence-corrected chi connectivity index (χ3v) is 3.86. The van der Waals surface area contributed by atoms with Crippen LogP contribution in [0.3, 0.4) is 0 Å². The molecule has 1 aromatic carbocycles. The molecule has 3 heteroatoms. The molecule has 20 heavy (non-hydrogen) atoms. The maximum Gasteiger partial charge on any atom is 0.0726 e. The summed E-state index contributed by atoms with van der Waals surface area (Å²) in [6, 6.07) is 8.52. The van der Waals surface area contributed by atoms with Crippen molar-refractivity contribution in [2.45, 2.75) is 39.5 Å². The lowest BCUT2D eigenvalue weighted by atomic mass is 9.92. The number of halogens is 1. The quantitative estimate of drug-likeness (QED) is 0.893. The summed E-state index contributed by atoms with van der Waals surface area (Å²) in [5, 5.41) is 4.96. The summed E-state index contributed by atoms with van der Waals surface area (Å²) < 4.78 is 0. The van der Waals surface area contributed by atoms with Crippen LogP contribution >= 0.6 is 12.4 Å². The van der Waals surface area contributed by atoms with Crippen molar-refractivity contribution in [2.75, 3.05) is 11.9 Å². The Bertz CT molecular complexity index is 593. The summed E-state index contributed by atoms with van der Waals surface area (Å²) in [5.41, 5.74) is 5.25. The molecule has 0 unspecified atom stereocenters. The van der Waals surface area contributed by atoms with E-state index in [2.05, 4.69) is 43.4 Å². The largest absolute Gasteiger partial charge is 0.384 e. The molecule has 1 heterocycles. The second-order valence-electron chi connectivity index (χ2n) is 5.91. The molecule has 0 amide bonds. The predicted octanol–water partition coefficient (Wildman–Crippen LogP) is 4.60. The molecule has 0 aliphatic heterocycles. The van der Waals surface area contributed by atoms with Crippen molar-refractivity contribution < 1.29 is 0 Å². The molecular weight excluding hydrogens is 268 g/mol. The van der Waals surface area contributed by atoms with Crippen molar-refractivity contribution in [2.24, 2.45) is 5.92 Å². The van der Waals surface area contributed by atoms with Gasteiger partial charge in [0.1, 0.15) is 0 Å². The average Bonchev–Trinajstić information content (AvgIpc) is 2.43. The maximum atomic E-state index is 4.86. The predicted molar refractivity (Wildman–Crippen MR) is 89.0 cm³/mol. The lowest BCUT2D eigenvalue weighted by molar-refractivity contribution is 0.665. The molecule has 1 aliphatic rings. The molecule has 0 saturated carbocycles. The van der Waals surface area contributed by atoms with Crippen molar-refractivity contribution in [3.05, 3.63) is 35.5 Å². The van der Waals surface area contributed by atoms with Crippen molar-refractivity contribution in [3.8, 4) is 0 Å². The summed E-state index contributed by atoms with van der Waals surface area (Å²) in [7, 11) is 0. The Morgan fingerprint density at radius 3 is 2.70 bits per heavy atom. The van der Waals surface area contributed by atoms with Crippen LogP contribution in [0.1, 0.15) is 37.9 Å². The zero-order valence-electron chi connectivity index (χ0n) is 12.3. The Balaban J connectivity index is 0.00000147. The third kappa shape index (κ3) is 2.90. The molecule has 0 saturated heterocycles. The van der Waals surface area contributed by atoms with E-state index in [1.54, 1.807) is 0 Å². The van der Waals surface area contributed by atoms with Gasteiger partial charge in [0, 0.05) is 23.3 Å². The molecule has 2 nitrogen and oxygen atoms in total. The fourth-order valence-corrected chi connectivity index (χ4v) is 2.88. The third-order valence-electron chi connectivity index (χ3n) is 3.86. The summed E-state index contributed by atoms with van der Waals surface area (Å²) in [6.07, 6.45) is 4.88. The lowest BCUT2D eigenvalue weighted by Gasteiger charge is -2.22. The molecule has 0 atom stereocenters. The van der Waals surface area contributed by atoms with E-state index < -0.39 is 0 Å². The normalized spacial score (nSPS) is 13.9. The highest BCUT2D eigenvalue weighted by Gasteiger charge is 2.17. The van der Waals surface area contributed by atoms with E-state index in [0.29, 0.717) is 5.92 Å². The summed E-state index contributed by atoms with van der Waals surface area (Å²) in [4.78, 5) is 4.86. The van der Waals surface area contributed by atoms with Gasteiger partial charge < -0.3 is 5.32 Å². The Morgan fingerprint density at radius 1 is 1.15 bits per heavy atom. The Hall–Kier alpha value is -1.28. The van der Waals surface area contributed by atoms with Crippen LogP contribution in [0.15, 0.2) is 24.3 Å². The maximum absolute atomic E-state index is 4.86. The molecule has 0 fully saturated rings. The summed E-state index contributed by atoms with van der Waals surface area (Å²) >= 11 is 0. The van der Waals surface area contributed by atoms with E-state index in [1.807, 2.05) is 0 Å². The van der Waals surface area contributed by atoms with Gasteiger partial charge in [0.05, 0.1) is 5.52 Å². The van der Waals surface area contributed by atoms with Gasteiger partial charge in [-0.05, 0) is 43.2 Å². The number of hydrogen-bond acceptors (Lipinski definition) is 2. The standard InChI is InChI=1S/C17H22N2.ClH/c1-12(2)11-18-17-13-7-3-5-9-15(13)19-16-10-6-4-8-14(16)17;/h3,5,7,9,12H,4,6,8,10-11H2,1-2H3,(H,18,19);1H. The van der Waals surface area contributed by atoms with E-state index in [1.165, 1.54) is 41.6 Å². The molecular formula is C17H23ClN2. The zero-order valence-corrected chi connectivity index (χ0v) is 13.1. The number of rotatable bonds is 3. The number of hydrogen-bond donors (Lipinski definition) is 1. The first-order valence-electron chi connectivity index (χ1n) is 7.40. The van der Waals surface area contributed by atoms with Crippen LogP contribution in [0, 0.1) is 5.92 Å². The molecule has 0 radical (unpaired) electrons. The Labute approximate surface area is 127 Å². The highest BCUT2D eigenvalue weighted by Crippen LogP contribution is 2.33. The summed E-state index contributed by atoms with van der Waals surface area (Å²) in [6.45, 7) is 5.53. The molecule has 0 bridgehead atoms. The van der Waals surface area contributed by atoms with Gasteiger partial charge in [0.25, 0.3) is 0 Å². The number of anilines is 1. The molecule has 3 rings (SSSR count). The SMILES string of the molecule is CC(C)CNc1c2c(nc3ccccc13)CCCC2.Cl. The van der Waals surface area contributed by atoms with E-state index in [4.69, 9.17) is 4.98 Å². The number of aryl methyl sites for hydroxylation is 1. The van der Waals surface area contributed by atoms with Crippen LogP contribution < -0.4 is 5.32 Å². The Kier molecular flexibility index (Phi) is 4.87. The number of para-hydroxylation sites is 1. The topological polar surface area (TPSA) is 24.9 Å². The first-order chi connectivity index (χ1) is 9.25. The second kappa shape index (κ2) is 6.45. The van der Waals surface area contributed by atoms with Gasteiger partial charge in [-0.2, -0.15) is 0 Å². The van der Waals surface area contributed by atoms with Gasteiger partial charge in [0.15, 0.2) is 0 Å². The fourth-order valence-electron chi connectivity index (χ4n) is 2.88.